The van der Waals surface area contributed by atoms with Gasteiger partial charge in [-0.15, -0.1) is 11.3 Å². The van der Waals surface area contributed by atoms with Crippen molar-refractivity contribution < 1.29 is 13.2 Å². The molecule has 2 rings (SSSR count). The number of thiophene rings is 1. The van der Waals surface area contributed by atoms with Crippen LogP contribution in [0.15, 0.2) is 52.1 Å². The van der Waals surface area contributed by atoms with Crippen molar-refractivity contribution >= 4 is 27.3 Å². The van der Waals surface area contributed by atoms with Crippen LogP contribution in [0.25, 0.3) is 0 Å². The average molecular weight is 352 g/mol. The van der Waals surface area contributed by atoms with Crippen LogP contribution in [0.4, 0.5) is 0 Å². The number of hydrogen-bond acceptors (Lipinski definition) is 4. The minimum atomic E-state index is -3.74. The van der Waals surface area contributed by atoms with Crippen LogP contribution in [0, 0.1) is 0 Å². The van der Waals surface area contributed by atoms with Crippen LogP contribution in [-0.4, -0.2) is 32.3 Å². The predicted octanol–water partition coefficient (Wildman–Crippen LogP) is 2.64. The summed E-state index contributed by atoms with van der Waals surface area (Å²) in [6.07, 6.45) is 0. The van der Waals surface area contributed by atoms with Gasteiger partial charge in [-0.3, -0.25) is 4.79 Å². The zero-order valence-electron chi connectivity index (χ0n) is 13.1. The maximum atomic E-state index is 12.8. The van der Waals surface area contributed by atoms with E-state index in [4.69, 9.17) is 0 Å². The van der Waals surface area contributed by atoms with E-state index in [1.165, 1.54) is 6.07 Å². The summed E-state index contributed by atoms with van der Waals surface area (Å²) < 4.78 is 27.8. The molecular weight excluding hydrogens is 332 g/mol. The minimum Gasteiger partial charge on any atom is -0.342 e. The number of hydrogen-bond donors (Lipinski definition) is 1. The lowest BCUT2D eigenvalue weighted by Crippen LogP contribution is -2.42. The summed E-state index contributed by atoms with van der Waals surface area (Å²) in [5.41, 5.74) is 0.629. The second-order valence-electron chi connectivity index (χ2n) is 4.91. The molecule has 2 aromatic rings. The average Bonchev–Trinajstić information content (AvgIpc) is 3.10. The molecular formula is C16H20N2O3S2. The van der Waals surface area contributed by atoms with Crippen molar-refractivity contribution in [3.8, 4) is 0 Å². The first-order valence-corrected chi connectivity index (χ1v) is 9.75. The predicted molar refractivity (Wildman–Crippen MR) is 91.8 cm³/mol. The zero-order valence-corrected chi connectivity index (χ0v) is 14.7. The molecule has 0 radical (unpaired) electrons. The highest BCUT2D eigenvalue weighted by molar-refractivity contribution is 7.91. The highest BCUT2D eigenvalue weighted by Gasteiger charge is 2.30. The van der Waals surface area contributed by atoms with E-state index in [-0.39, 0.29) is 10.1 Å². The van der Waals surface area contributed by atoms with Gasteiger partial charge in [0, 0.05) is 13.1 Å². The van der Waals surface area contributed by atoms with Crippen LogP contribution in [0.5, 0.6) is 0 Å². The Morgan fingerprint density at radius 2 is 1.78 bits per heavy atom. The van der Waals surface area contributed by atoms with Crippen molar-refractivity contribution in [2.75, 3.05) is 13.1 Å². The third-order valence-electron chi connectivity index (χ3n) is 3.49. The molecule has 0 fully saturated rings. The third-order valence-corrected chi connectivity index (χ3v) is 6.31. The number of rotatable bonds is 7. The van der Waals surface area contributed by atoms with Gasteiger partial charge in [0.05, 0.1) is 0 Å². The molecule has 1 heterocycles. The van der Waals surface area contributed by atoms with Gasteiger partial charge in [-0.25, -0.2) is 8.42 Å². The van der Waals surface area contributed by atoms with Crippen molar-refractivity contribution in [3.63, 3.8) is 0 Å². The number of nitrogens with one attached hydrogen (secondary N) is 1. The maximum Gasteiger partial charge on any atom is 0.251 e. The second kappa shape index (κ2) is 7.72. The molecule has 0 aliphatic rings. The van der Waals surface area contributed by atoms with E-state index in [1.807, 2.05) is 19.9 Å². The van der Waals surface area contributed by atoms with Gasteiger partial charge in [0.1, 0.15) is 10.3 Å². The number of nitrogens with zero attached hydrogens (tertiary/aromatic N) is 1. The number of amides is 1. The van der Waals surface area contributed by atoms with Gasteiger partial charge < -0.3 is 4.90 Å². The Labute approximate surface area is 141 Å². The van der Waals surface area contributed by atoms with E-state index in [0.717, 1.165) is 11.3 Å². The van der Waals surface area contributed by atoms with Crippen molar-refractivity contribution in [1.29, 1.82) is 0 Å². The van der Waals surface area contributed by atoms with E-state index >= 15 is 0 Å². The van der Waals surface area contributed by atoms with E-state index in [0.29, 0.717) is 18.7 Å². The molecule has 0 aliphatic carbocycles. The standard InChI is InChI=1S/C16H20N2O3S2/c1-3-18(4-2)16(19)15(13-9-6-5-7-10-13)17-23(20,21)14-11-8-12-22-14/h5-12,15,17H,3-4H2,1-2H3/t15-/m0/s1. The molecule has 0 unspecified atom stereocenters. The molecule has 124 valence electrons. The lowest BCUT2D eigenvalue weighted by Gasteiger charge is -2.25. The Hall–Kier alpha value is -1.70. The van der Waals surface area contributed by atoms with Crippen molar-refractivity contribution in [2.45, 2.75) is 24.1 Å². The van der Waals surface area contributed by atoms with Gasteiger partial charge in [0.25, 0.3) is 10.0 Å². The summed E-state index contributed by atoms with van der Waals surface area (Å²) in [4.78, 5) is 14.4. The molecule has 1 atom stereocenters. The number of sulfonamides is 1. The Kier molecular flexibility index (Phi) is 5.92. The minimum absolute atomic E-state index is 0.200. The van der Waals surface area contributed by atoms with Crippen LogP contribution in [0.1, 0.15) is 25.5 Å². The number of carbonyl (C=O) groups excluding carboxylic acids is 1. The number of likely N-dealkylation sites (N-methyl/N-ethyl adjacent to an activating group) is 1. The molecule has 1 amide bonds. The molecule has 23 heavy (non-hydrogen) atoms. The third kappa shape index (κ3) is 4.19. The summed E-state index contributed by atoms with van der Waals surface area (Å²) in [5, 5.41) is 1.69. The van der Waals surface area contributed by atoms with Crippen molar-refractivity contribution in [3.05, 3.63) is 53.4 Å². The van der Waals surface area contributed by atoms with E-state index in [9.17, 15) is 13.2 Å². The summed E-state index contributed by atoms with van der Waals surface area (Å²) in [7, 11) is -3.74. The lowest BCUT2D eigenvalue weighted by molar-refractivity contribution is -0.132. The molecule has 1 N–H and O–H groups in total. The number of carbonyl (C=O) groups is 1. The maximum absolute atomic E-state index is 12.8. The Morgan fingerprint density at radius 3 is 2.30 bits per heavy atom. The van der Waals surface area contributed by atoms with Crippen LogP contribution < -0.4 is 4.72 Å². The fraction of sp³-hybridized carbons (Fsp3) is 0.312. The lowest BCUT2D eigenvalue weighted by atomic mass is 10.1. The first kappa shape index (κ1) is 17.7. The number of benzene rings is 1. The molecule has 1 aromatic heterocycles. The van der Waals surface area contributed by atoms with Crippen molar-refractivity contribution in [2.24, 2.45) is 0 Å². The van der Waals surface area contributed by atoms with Gasteiger partial charge in [-0.1, -0.05) is 36.4 Å². The quantitative estimate of drug-likeness (QED) is 0.833. The van der Waals surface area contributed by atoms with E-state index in [2.05, 4.69) is 4.72 Å². The van der Waals surface area contributed by atoms with Gasteiger partial charge in [0.2, 0.25) is 5.91 Å². The second-order valence-corrected chi connectivity index (χ2v) is 7.80. The molecule has 7 heteroatoms. The van der Waals surface area contributed by atoms with Gasteiger partial charge in [-0.05, 0) is 30.9 Å². The molecule has 0 aliphatic heterocycles. The zero-order chi connectivity index (χ0) is 16.9. The van der Waals surface area contributed by atoms with E-state index < -0.39 is 16.1 Å². The molecule has 1 aromatic carbocycles. The largest absolute Gasteiger partial charge is 0.342 e. The monoisotopic (exact) mass is 352 g/mol. The summed E-state index contributed by atoms with van der Waals surface area (Å²) in [6, 6.07) is 11.2. The summed E-state index contributed by atoms with van der Waals surface area (Å²) >= 11 is 1.12. The van der Waals surface area contributed by atoms with E-state index in [1.54, 1.807) is 40.6 Å². The first-order valence-electron chi connectivity index (χ1n) is 7.39. The molecule has 0 saturated heterocycles. The molecule has 5 nitrogen and oxygen atoms in total. The topological polar surface area (TPSA) is 66.5 Å². The molecule has 0 bridgehead atoms. The molecule has 0 spiro atoms. The van der Waals surface area contributed by atoms with Gasteiger partial charge in [0.15, 0.2) is 0 Å². The SMILES string of the molecule is CCN(CC)C(=O)[C@@H](NS(=O)(=O)c1cccs1)c1ccccc1. The van der Waals surface area contributed by atoms with Crippen molar-refractivity contribution in [1.82, 2.24) is 9.62 Å². The van der Waals surface area contributed by atoms with Crippen LogP contribution in [-0.2, 0) is 14.8 Å². The Bertz CT molecular complexity index is 724. The van der Waals surface area contributed by atoms with Crippen LogP contribution >= 0.6 is 11.3 Å². The smallest absolute Gasteiger partial charge is 0.251 e. The highest BCUT2D eigenvalue weighted by Crippen LogP contribution is 2.22. The normalized spacial score (nSPS) is 12.8. The summed E-state index contributed by atoms with van der Waals surface area (Å²) in [5.74, 6) is -0.249. The highest BCUT2D eigenvalue weighted by atomic mass is 32.2. The first-order chi connectivity index (χ1) is 11.0. The molecule has 0 saturated carbocycles. The van der Waals surface area contributed by atoms with Crippen LogP contribution in [0.3, 0.4) is 0 Å². The Balaban J connectivity index is 2.37. The fourth-order valence-electron chi connectivity index (χ4n) is 2.25. The van der Waals surface area contributed by atoms with Gasteiger partial charge in [-0.2, -0.15) is 4.72 Å². The van der Waals surface area contributed by atoms with Crippen LogP contribution in [0.2, 0.25) is 0 Å². The summed E-state index contributed by atoms with van der Waals surface area (Å²) in [6.45, 7) is 4.80. The Morgan fingerprint density at radius 1 is 1.13 bits per heavy atom. The fourth-order valence-corrected chi connectivity index (χ4v) is 4.44. The van der Waals surface area contributed by atoms with Gasteiger partial charge >= 0.3 is 0 Å².